The Hall–Kier alpha value is -2.24. The van der Waals surface area contributed by atoms with E-state index >= 15 is 0 Å². The molecule has 0 amide bonds. The lowest BCUT2D eigenvalue weighted by Gasteiger charge is -2.15. The van der Waals surface area contributed by atoms with Crippen LogP contribution >= 0.6 is 0 Å². The molecule has 0 spiro atoms. The van der Waals surface area contributed by atoms with Crippen LogP contribution in [0, 0.1) is 20.8 Å². The van der Waals surface area contributed by atoms with Crippen molar-refractivity contribution in [3.8, 4) is 0 Å². The maximum absolute atomic E-state index is 6.11. The van der Waals surface area contributed by atoms with Crippen molar-refractivity contribution in [1.29, 1.82) is 0 Å². The lowest BCUT2D eigenvalue weighted by Crippen LogP contribution is -2.12. The highest BCUT2D eigenvalue weighted by molar-refractivity contribution is 5.77. The smallest absolute Gasteiger partial charge is 0.203 e. The Kier molecular flexibility index (Phi) is 2.64. The van der Waals surface area contributed by atoms with Crippen molar-refractivity contribution in [2.24, 2.45) is 7.05 Å². The molecule has 0 saturated heterocycles. The van der Waals surface area contributed by atoms with Crippen LogP contribution in [0.25, 0.3) is 11.2 Å². The van der Waals surface area contributed by atoms with Crippen molar-refractivity contribution in [3.63, 3.8) is 0 Å². The molecule has 0 saturated carbocycles. The molecule has 20 heavy (non-hydrogen) atoms. The standard InChI is InChI=1S/C14H19N5O/c1-7-6-11(10(4)20-7)9(3)19-13-12(16-14(19)15)8(2)17-18(13)5/h6,9H,1-5H3,(H2,15,16). The molecule has 6 heteroatoms. The summed E-state index contributed by atoms with van der Waals surface area (Å²) in [5.74, 6) is 2.32. The van der Waals surface area contributed by atoms with Gasteiger partial charge in [0.15, 0.2) is 5.65 Å². The minimum absolute atomic E-state index is 0.0484. The molecule has 3 aromatic heterocycles. The van der Waals surface area contributed by atoms with Crippen LogP contribution in [0.5, 0.6) is 0 Å². The Balaban J connectivity index is 2.23. The summed E-state index contributed by atoms with van der Waals surface area (Å²) < 4.78 is 9.46. The summed E-state index contributed by atoms with van der Waals surface area (Å²) >= 11 is 0. The normalized spacial score (nSPS) is 13.2. The molecular weight excluding hydrogens is 254 g/mol. The Morgan fingerprint density at radius 1 is 1.30 bits per heavy atom. The monoisotopic (exact) mass is 273 g/mol. The van der Waals surface area contributed by atoms with Crippen LogP contribution in [0.4, 0.5) is 5.95 Å². The van der Waals surface area contributed by atoms with E-state index in [1.54, 1.807) is 0 Å². The van der Waals surface area contributed by atoms with E-state index in [1.165, 1.54) is 0 Å². The Morgan fingerprint density at radius 2 is 2.00 bits per heavy atom. The number of nitrogens with zero attached hydrogens (tertiary/aromatic N) is 4. The summed E-state index contributed by atoms with van der Waals surface area (Å²) in [7, 11) is 1.91. The highest BCUT2D eigenvalue weighted by Gasteiger charge is 2.22. The highest BCUT2D eigenvalue weighted by Crippen LogP contribution is 2.31. The quantitative estimate of drug-likeness (QED) is 0.778. The second-order valence-corrected chi connectivity index (χ2v) is 5.27. The Labute approximate surface area is 117 Å². The SMILES string of the molecule is Cc1cc(C(C)n2c(N)nc3c(C)nn(C)c32)c(C)o1. The van der Waals surface area contributed by atoms with Crippen LogP contribution in [-0.2, 0) is 7.05 Å². The number of furan rings is 1. The van der Waals surface area contributed by atoms with Crippen molar-refractivity contribution >= 4 is 17.1 Å². The molecule has 0 radical (unpaired) electrons. The summed E-state index contributed by atoms with van der Waals surface area (Å²) in [6, 6.07) is 2.10. The van der Waals surface area contributed by atoms with Gasteiger partial charge in [0.05, 0.1) is 11.7 Å². The van der Waals surface area contributed by atoms with E-state index < -0.39 is 0 Å². The van der Waals surface area contributed by atoms with E-state index in [0.29, 0.717) is 5.95 Å². The minimum atomic E-state index is 0.0484. The van der Waals surface area contributed by atoms with Crippen LogP contribution in [0.2, 0.25) is 0 Å². The second kappa shape index (κ2) is 4.13. The lowest BCUT2D eigenvalue weighted by atomic mass is 10.1. The van der Waals surface area contributed by atoms with E-state index in [-0.39, 0.29) is 6.04 Å². The average Bonchev–Trinajstić information content (AvgIpc) is 2.95. The number of hydrogen-bond acceptors (Lipinski definition) is 4. The molecule has 0 aliphatic carbocycles. The van der Waals surface area contributed by atoms with Crippen molar-refractivity contribution < 1.29 is 4.42 Å². The molecule has 3 heterocycles. The minimum Gasteiger partial charge on any atom is -0.466 e. The molecule has 6 nitrogen and oxygen atoms in total. The van der Waals surface area contributed by atoms with Crippen LogP contribution in [0.15, 0.2) is 10.5 Å². The van der Waals surface area contributed by atoms with Crippen LogP contribution in [-0.4, -0.2) is 19.3 Å². The number of anilines is 1. The van der Waals surface area contributed by atoms with Gasteiger partial charge in [-0.25, -0.2) is 4.98 Å². The predicted octanol–water partition coefficient (Wildman–Crippen LogP) is 2.48. The predicted molar refractivity (Wildman–Crippen MR) is 77.6 cm³/mol. The van der Waals surface area contributed by atoms with Gasteiger partial charge in [-0.05, 0) is 33.8 Å². The topological polar surface area (TPSA) is 74.8 Å². The number of hydrogen-bond donors (Lipinski definition) is 1. The van der Waals surface area contributed by atoms with Crippen LogP contribution in [0.1, 0.15) is 35.7 Å². The van der Waals surface area contributed by atoms with Gasteiger partial charge in [0.25, 0.3) is 0 Å². The van der Waals surface area contributed by atoms with Gasteiger partial charge in [0.2, 0.25) is 5.95 Å². The van der Waals surface area contributed by atoms with Gasteiger partial charge in [0.1, 0.15) is 17.0 Å². The molecular formula is C14H19N5O. The molecule has 0 aliphatic heterocycles. The first-order chi connectivity index (χ1) is 9.40. The molecule has 0 aliphatic rings. The lowest BCUT2D eigenvalue weighted by molar-refractivity contribution is 0.495. The van der Waals surface area contributed by atoms with Gasteiger partial charge in [-0.3, -0.25) is 9.25 Å². The fourth-order valence-electron chi connectivity index (χ4n) is 2.90. The summed E-state index contributed by atoms with van der Waals surface area (Å²) in [6.07, 6.45) is 0. The Morgan fingerprint density at radius 3 is 2.60 bits per heavy atom. The van der Waals surface area contributed by atoms with E-state index in [1.807, 2.05) is 37.1 Å². The first kappa shape index (κ1) is 12.8. The summed E-state index contributed by atoms with van der Waals surface area (Å²) in [5.41, 5.74) is 9.91. The zero-order valence-corrected chi connectivity index (χ0v) is 12.4. The third-order valence-electron chi connectivity index (χ3n) is 3.78. The molecule has 0 aromatic carbocycles. The molecule has 1 atom stereocenters. The number of aromatic nitrogens is 4. The van der Waals surface area contributed by atoms with Crippen molar-refractivity contribution in [1.82, 2.24) is 19.3 Å². The zero-order chi connectivity index (χ0) is 14.6. The van der Waals surface area contributed by atoms with E-state index in [9.17, 15) is 0 Å². The zero-order valence-electron chi connectivity index (χ0n) is 12.4. The van der Waals surface area contributed by atoms with Crippen molar-refractivity contribution in [2.45, 2.75) is 33.7 Å². The van der Waals surface area contributed by atoms with E-state index in [4.69, 9.17) is 10.2 Å². The van der Waals surface area contributed by atoms with E-state index in [2.05, 4.69) is 23.1 Å². The number of rotatable bonds is 2. The summed E-state index contributed by atoms with van der Waals surface area (Å²) in [4.78, 5) is 4.44. The van der Waals surface area contributed by atoms with Gasteiger partial charge in [-0.2, -0.15) is 5.10 Å². The molecule has 3 rings (SSSR count). The van der Waals surface area contributed by atoms with E-state index in [0.717, 1.165) is 33.9 Å². The fourth-order valence-corrected chi connectivity index (χ4v) is 2.90. The summed E-state index contributed by atoms with van der Waals surface area (Å²) in [6.45, 7) is 7.95. The van der Waals surface area contributed by atoms with Gasteiger partial charge >= 0.3 is 0 Å². The molecule has 0 bridgehead atoms. The Bertz CT molecular complexity index is 792. The van der Waals surface area contributed by atoms with Gasteiger partial charge in [-0.1, -0.05) is 0 Å². The maximum Gasteiger partial charge on any atom is 0.203 e. The van der Waals surface area contributed by atoms with Crippen LogP contribution < -0.4 is 5.73 Å². The fraction of sp³-hybridized carbons (Fsp3) is 0.429. The summed E-state index contributed by atoms with van der Waals surface area (Å²) in [5, 5.41) is 4.41. The van der Waals surface area contributed by atoms with Crippen LogP contribution in [0.3, 0.4) is 0 Å². The van der Waals surface area contributed by atoms with Crippen molar-refractivity contribution in [2.75, 3.05) is 5.73 Å². The number of nitrogen functional groups attached to an aromatic ring is 1. The molecule has 106 valence electrons. The number of imidazole rings is 1. The molecule has 3 aromatic rings. The first-order valence-corrected chi connectivity index (χ1v) is 6.64. The number of fused-ring (bicyclic) bond motifs is 1. The van der Waals surface area contributed by atoms with Crippen molar-refractivity contribution in [3.05, 3.63) is 28.8 Å². The third kappa shape index (κ3) is 1.64. The molecule has 2 N–H and O–H groups in total. The highest BCUT2D eigenvalue weighted by atomic mass is 16.3. The third-order valence-corrected chi connectivity index (χ3v) is 3.78. The van der Waals surface area contributed by atoms with Gasteiger partial charge in [-0.15, -0.1) is 0 Å². The largest absolute Gasteiger partial charge is 0.466 e. The number of nitrogens with two attached hydrogens (primary N) is 1. The van der Waals surface area contributed by atoms with Gasteiger partial charge in [0, 0.05) is 12.6 Å². The molecule has 1 unspecified atom stereocenters. The maximum atomic E-state index is 6.11. The average molecular weight is 273 g/mol. The second-order valence-electron chi connectivity index (χ2n) is 5.27. The number of aryl methyl sites for hydroxylation is 4. The first-order valence-electron chi connectivity index (χ1n) is 6.64. The molecule has 0 fully saturated rings. The van der Waals surface area contributed by atoms with Gasteiger partial charge < -0.3 is 10.2 Å².